The van der Waals surface area contributed by atoms with Gasteiger partial charge in [0.1, 0.15) is 12.7 Å². The fraction of sp³-hybridized carbons (Fsp3) is 0.316. The van der Waals surface area contributed by atoms with Crippen LogP contribution in [0.1, 0.15) is 19.4 Å². The molecule has 1 atom stereocenters. The van der Waals surface area contributed by atoms with Crippen LogP contribution in [0.5, 0.6) is 0 Å². The van der Waals surface area contributed by atoms with E-state index in [9.17, 15) is 4.79 Å². The normalized spacial score (nSPS) is 12.5. The lowest BCUT2D eigenvalue weighted by molar-refractivity contribution is -0.121. The molecule has 0 unspecified atom stereocenters. The summed E-state index contributed by atoms with van der Waals surface area (Å²) in [5.41, 5.74) is 1.05. The van der Waals surface area contributed by atoms with Crippen LogP contribution in [0.2, 0.25) is 0 Å². The summed E-state index contributed by atoms with van der Waals surface area (Å²) in [5, 5.41) is 9.56. The Morgan fingerprint density at radius 1 is 1.17 bits per heavy atom. The molecular formula is C19H22N4O. The number of aromatic nitrogens is 3. The molecule has 0 aliphatic heterocycles. The van der Waals surface area contributed by atoms with E-state index in [1.807, 2.05) is 24.3 Å². The van der Waals surface area contributed by atoms with E-state index in [0.29, 0.717) is 18.9 Å². The molecule has 3 aromatic rings. The molecule has 0 aliphatic rings. The first-order valence-electron chi connectivity index (χ1n) is 8.22. The van der Waals surface area contributed by atoms with E-state index in [2.05, 4.69) is 47.4 Å². The Hall–Kier alpha value is -2.69. The molecule has 124 valence electrons. The number of nitrogens with zero attached hydrogens (tertiary/aromatic N) is 3. The third-order valence-corrected chi connectivity index (χ3v) is 4.23. The van der Waals surface area contributed by atoms with Crippen molar-refractivity contribution in [3.63, 3.8) is 0 Å². The van der Waals surface area contributed by atoms with Crippen molar-refractivity contribution in [3.05, 3.63) is 60.7 Å². The van der Waals surface area contributed by atoms with Gasteiger partial charge in [0.05, 0.1) is 19.0 Å². The van der Waals surface area contributed by atoms with Crippen molar-refractivity contribution < 1.29 is 4.79 Å². The predicted octanol–water partition coefficient (Wildman–Crippen LogP) is 2.81. The van der Waals surface area contributed by atoms with Crippen LogP contribution in [0, 0.1) is 5.92 Å². The molecule has 1 N–H and O–H groups in total. The van der Waals surface area contributed by atoms with Gasteiger partial charge in [0, 0.05) is 0 Å². The van der Waals surface area contributed by atoms with E-state index in [1.165, 1.54) is 6.33 Å². The summed E-state index contributed by atoms with van der Waals surface area (Å²) in [6, 6.07) is 14.3. The van der Waals surface area contributed by atoms with E-state index >= 15 is 0 Å². The molecule has 1 amide bonds. The van der Waals surface area contributed by atoms with Gasteiger partial charge in [-0.15, -0.1) is 0 Å². The molecule has 0 radical (unpaired) electrons. The Bertz CT molecular complexity index is 806. The summed E-state index contributed by atoms with van der Waals surface area (Å²) in [6.07, 6.45) is 3.56. The molecule has 5 nitrogen and oxygen atoms in total. The lowest BCUT2D eigenvalue weighted by atomic mass is 10.0. The van der Waals surface area contributed by atoms with Gasteiger partial charge < -0.3 is 5.32 Å². The van der Waals surface area contributed by atoms with Crippen LogP contribution in [0.15, 0.2) is 55.1 Å². The fourth-order valence-electron chi connectivity index (χ4n) is 2.83. The Balaban J connectivity index is 1.71. The largest absolute Gasteiger partial charge is 0.351 e. The Kier molecular flexibility index (Phi) is 4.89. The first kappa shape index (κ1) is 16.2. The maximum atomic E-state index is 12.5. The van der Waals surface area contributed by atoms with Gasteiger partial charge in [-0.3, -0.25) is 9.48 Å². The Labute approximate surface area is 141 Å². The molecule has 24 heavy (non-hydrogen) atoms. The smallest absolute Gasteiger partial charge is 0.224 e. The van der Waals surface area contributed by atoms with E-state index in [0.717, 1.165) is 16.3 Å². The van der Waals surface area contributed by atoms with Gasteiger partial charge in [-0.1, -0.05) is 56.3 Å². The number of benzene rings is 2. The zero-order chi connectivity index (χ0) is 16.9. The van der Waals surface area contributed by atoms with E-state index in [4.69, 9.17) is 0 Å². The van der Waals surface area contributed by atoms with Gasteiger partial charge in [-0.2, -0.15) is 5.10 Å². The van der Waals surface area contributed by atoms with E-state index in [-0.39, 0.29) is 11.9 Å². The summed E-state index contributed by atoms with van der Waals surface area (Å²) in [5.74, 6) is 0.343. The summed E-state index contributed by atoms with van der Waals surface area (Å²) in [6.45, 7) is 4.82. The second-order valence-corrected chi connectivity index (χ2v) is 6.35. The standard InChI is InChI=1S/C19H22N4O/c1-14(2)18(11-23-13-20-12-21-23)22-19(24)10-16-8-5-7-15-6-3-4-9-17(15)16/h3-9,12-14,18H,10-11H2,1-2H3,(H,22,24)/t18-/m1/s1. The van der Waals surface area contributed by atoms with Crippen molar-refractivity contribution in [3.8, 4) is 0 Å². The van der Waals surface area contributed by atoms with Crippen molar-refractivity contribution in [1.82, 2.24) is 20.1 Å². The van der Waals surface area contributed by atoms with Gasteiger partial charge in [0.15, 0.2) is 0 Å². The fourth-order valence-corrected chi connectivity index (χ4v) is 2.83. The van der Waals surface area contributed by atoms with Crippen LogP contribution in [0.3, 0.4) is 0 Å². The van der Waals surface area contributed by atoms with Crippen LogP contribution >= 0.6 is 0 Å². The van der Waals surface area contributed by atoms with Crippen LogP contribution in [0.4, 0.5) is 0 Å². The highest BCUT2D eigenvalue weighted by atomic mass is 16.1. The summed E-state index contributed by atoms with van der Waals surface area (Å²) in [4.78, 5) is 16.5. The zero-order valence-corrected chi connectivity index (χ0v) is 14.0. The Morgan fingerprint density at radius 2 is 1.96 bits per heavy atom. The molecule has 2 aromatic carbocycles. The average molecular weight is 322 g/mol. The number of carbonyl (C=O) groups excluding carboxylic acids is 1. The van der Waals surface area contributed by atoms with E-state index in [1.54, 1.807) is 11.0 Å². The van der Waals surface area contributed by atoms with Crippen molar-refractivity contribution in [1.29, 1.82) is 0 Å². The Morgan fingerprint density at radius 3 is 2.71 bits per heavy atom. The maximum absolute atomic E-state index is 12.5. The van der Waals surface area contributed by atoms with Crippen LogP contribution in [0.25, 0.3) is 10.8 Å². The van der Waals surface area contributed by atoms with Gasteiger partial charge >= 0.3 is 0 Å². The predicted molar refractivity (Wildman–Crippen MR) is 94.4 cm³/mol. The summed E-state index contributed by atoms with van der Waals surface area (Å²) < 4.78 is 1.75. The monoisotopic (exact) mass is 322 g/mol. The van der Waals surface area contributed by atoms with Crippen molar-refractivity contribution in [2.75, 3.05) is 0 Å². The summed E-state index contributed by atoms with van der Waals surface area (Å²) >= 11 is 0. The van der Waals surface area contributed by atoms with Crippen molar-refractivity contribution in [2.45, 2.75) is 32.9 Å². The van der Waals surface area contributed by atoms with Crippen LogP contribution in [-0.4, -0.2) is 26.7 Å². The molecule has 0 saturated heterocycles. The minimum absolute atomic E-state index is 0.0224. The number of hydrogen-bond donors (Lipinski definition) is 1. The molecule has 1 heterocycles. The van der Waals surface area contributed by atoms with Gasteiger partial charge in [0.2, 0.25) is 5.91 Å². The highest BCUT2D eigenvalue weighted by Crippen LogP contribution is 2.19. The van der Waals surface area contributed by atoms with Crippen LogP contribution < -0.4 is 5.32 Å². The SMILES string of the molecule is CC(C)[C@@H](Cn1cncn1)NC(=O)Cc1cccc2ccccc12. The number of fused-ring (bicyclic) bond motifs is 1. The molecule has 0 saturated carbocycles. The van der Waals surface area contributed by atoms with Gasteiger partial charge in [-0.25, -0.2) is 4.98 Å². The average Bonchev–Trinajstić information content (AvgIpc) is 3.07. The molecule has 0 aliphatic carbocycles. The maximum Gasteiger partial charge on any atom is 0.224 e. The molecule has 5 heteroatoms. The molecule has 0 bridgehead atoms. The summed E-state index contributed by atoms with van der Waals surface area (Å²) in [7, 11) is 0. The molecule has 3 rings (SSSR count). The van der Waals surface area contributed by atoms with Crippen molar-refractivity contribution >= 4 is 16.7 Å². The minimum Gasteiger partial charge on any atom is -0.351 e. The van der Waals surface area contributed by atoms with Gasteiger partial charge in [0.25, 0.3) is 0 Å². The second kappa shape index (κ2) is 7.25. The third-order valence-electron chi connectivity index (χ3n) is 4.23. The van der Waals surface area contributed by atoms with Crippen molar-refractivity contribution in [2.24, 2.45) is 5.92 Å². The molecule has 1 aromatic heterocycles. The number of rotatable bonds is 6. The minimum atomic E-state index is 0.0224. The topological polar surface area (TPSA) is 59.8 Å². The highest BCUT2D eigenvalue weighted by molar-refractivity contribution is 5.90. The number of hydrogen-bond acceptors (Lipinski definition) is 3. The highest BCUT2D eigenvalue weighted by Gasteiger charge is 2.18. The zero-order valence-electron chi connectivity index (χ0n) is 14.0. The van der Waals surface area contributed by atoms with Gasteiger partial charge in [-0.05, 0) is 22.3 Å². The van der Waals surface area contributed by atoms with Crippen LogP contribution in [-0.2, 0) is 17.8 Å². The lowest BCUT2D eigenvalue weighted by Crippen LogP contribution is -2.42. The number of amides is 1. The number of nitrogens with one attached hydrogen (secondary N) is 1. The molecule has 0 fully saturated rings. The lowest BCUT2D eigenvalue weighted by Gasteiger charge is -2.22. The first-order valence-corrected chi connectivity index (χ1v) is 8.22. The number of carbonyl (C=O) groups is 1. The first-order chi connectivity index (χ1) is 11.6. The third kappa shape index (κ3) is 3.79. The quantitative estimate of drug-likeness (QED) is 0.759. The molecule has 0 spiro atoms. The molecular weight excluding hydrogens is 300 g/mol. The second-order valence-electron chi connectivity index (χ2n) is 6.35. The van der Waals surface area contributed by atoms with E-state index < -0.39 is 0 Å².